The third-order valence-corrected chi connectivity index (χ3v) is 4.17. The minimum absolute atomic E-state index is 0.148. The maximum absolute atomic E-state index is 12.5. The van der Waals surface area contributed by atoms with Crippen LogP contribution in [-0.4, -0.2) is 42.0 Å². The number of hydrogen-bond donors (Lipinski definition) is 2. The van der Waals surface area contributed by atoms with E-state index < -0.39 is 34.5 Å². The third kappa shape index (κ3) is 4.46. The highest BCUT2D eigenvalue weighted by atomic mass is 16.6. The van der Waals surface area contributed by atoms with Crippen molar-refractivity contribution in [3.63, 3.8) is 0 Å². The highest BCUT2D eigenvalue weighted by Gasteiger charge is 2.29. The number of carbonyl (C=O) groups is 3. The summed E-state index contributed by atoms with van der Waals surface area (Å²) >= 11 is 0. The summed E-state index contributed by atoms with van der Waals surface area (Å²) in [6.07, 6.45) is -1.26. The fourth-order valence-corrected chi connectivity index (χ4v) is 2.63. The molecule has 0 saturated carbocycles. The van der Waals surface area contributed by atoms with Crippen molar-refractivity contribution in [2.24, 2.45) is 5.73 Å². The van der Waals surface area contributed by atoms with Crippen LogP contribution in [0.4, 0.5) is 11.4 Å². The van der Waals surface area contributed by atoms with Gasteiger partial charge in [-0.2, -0.15) is 0 Å². The Morgan fingerprint density at radius 2 is 1.73 bits per heavy atom. The van der Waals surface area contributed by atoms with Crippen LogP contribution in [0.1, 0.15) is 27.6 Å². The SMILES string of the molecule is CC(OC(=O)c1cc2c(cc1[N+](=O)[O-])OCCO2)C(=O)Nc1ccc(C(N)=O)cc1. The molecule has 11 heteroatoms. The molecular weight excluding hydrogens is 398 g/mol. The minimum atomic E-state index is -1.26. The Morgan fingerprint density at radius 1 is 1.13 bits per heavy atom. The maximum Gasteiger partial charge on any atom is 0.346 e. The summed E-state index contributed by atoms with van der Waals surface area (Å²) in [6, 6.07) is 8.00. The number of rotatable bonds is 6. The normalized spacial score (nSPS) is 13.1. The number of nitrogens with one attached hydrogen (secondary N) is 1. The molecule has 2 aromatic carbocycles. The van der Waals surface area contributed by atoms with Crippen molar-refractivity contribution in [1.82, 2.24) is 0 Å². The molecule has 1 atom stereocenters. The zero-order valence-electron chi connectivity index (χ0n) is 15.7. The van der Waals surface area contributed by atoms with Gasteiger partial charge in [-0.25, -0.2) is 4.79 Å². The van der Waals surface area contributed by atoms with E-state index in [1.807, 2.05) is 0 Å². The number of ether oxygens (including phenoxy) is 3. The number of primary amides is 1. The van der Waals surface area contributed by atoms with Gasteiger partial charge in [0.25, 0.3) is 11.6 Å². The smallest absolute Gasteiger partial charge is 0.346 e. The average Bonchev–Trinajstić information content (AvgIpc) is 2.72. The van der Waals surface area contributed by atoms with Crippen molar-refractivity contribution < 1.29 is 33.5 Å². The van der Waals surface area contributed by atoms with Gasteiger partial charge in [0.2, 0.25) is 5.91 Å². The molecule has 0 aliphatic carbocycles. The summed E-state index contributed by atoms with van der Waals surface area (Å²) in [6.45, 7) is 1.77. The summed E-state index contributed by atoms with van der Waals surface area (Å²) in [5, 5.41) is 13.8. The van der Waals surface area contributed by atoms with Gasteiger partial charge in [0.15, 0.2) is 17.6 Å². The van der Waals surface area contributed by atoms with Crippen LogP contribution in [0, 0.1) is 10.1 Å². The molecular formula is C19H17N3O8. The summed E-state index contributed by atoms with van der Waals surface area (Å²) < 4.78 is 15.7. The van der Waals surface area contributed by atoms with Gasteiger partial charge >= 0.3 is 5.97 Å². The Balaban J connectivity index is 1.72. The molecule has 0 aromatic heterocycles. The topological polar surface area (TPSA) is 160 Å². The fourth-order valence-electron chi connectivity index (χ4n) is 2.63. The fraction of sp³-hybridized carbons (Fsp3) is 0.211. The van der Waals surface area contributed by atoms with E-state index in [0.29, 0.717) is 5.69 Å². The number of nitrogens with zero attached hydrogens (tertiary/aromatic N) is 1. The Morgan fingerprint density at radius 3 is 2.30 bits per heavy atom. The minimum Gasteiger partial charge on any atom is -0.486 e. The highest BCUT2D eigenvalue weighted by Crippen LogP contribution is 2.37. The number of amides is 2. The van der Waals surface area contributed by atoms with Crippen molar-refractivity contribution >= 4 is 29.2 Å². The van der Waals surface area contributed by atoms with Gasteiger partial charge in [0.05, 0.1) is 11.0 Å². The molecule has 1 aliphatic heterocycles. The van der Waals surface area contributed by atoms with Crippen LogP contribution in [0.25, 0.3) is 0 Å². The van der Waals surface area contributed by atoms with Crippen molar-refractivity contribution in [1.29, 1.82) is 0 Å². The van der Waals surface area contributed by atoms with Gasteiger partial charge in [-0.15, -0.1) is 0 Å². The van der Waals surface area contributed by atoms with E-state index in [0.717, 1.165) is 12.1 Å². The molecule has 30 heavy (non-hydrogen) atoms. The first-order chi connectivity index (χ1) is 14.3. The second-order valence-corrected chi connectivity index (χ2v) is 6.25. The lowest BCUT2D eigenvalue weighted by Gasteiger charge is -2.19. The van der Waals surface area contributed by atoms with Crippen molar-refractivity contribution in [2.75, 3.05) is 18.5 Å². The molecule has 1 heterocycles. The van der Waals surface area contributed by atoms with Crippen LogP contribution in [0.3, 0.4) is 0 Å². The molecule has 156 valence electrons. The number of esters is 1. The molecule has 3 N–H and O–H groups in total. The first-order valence-electron chi connectivity index (χ1n) is 8.76. The molecule has 0 fully saturated rings. The summed E-state index contributed by atoms with van der Waals surface area (Å²) in [4.78, 5) is 46.4. The molecule has 11 nitrogen and oxygen atoms in total. The zero-order valence-corrected chi connectivity index (χ0v) is 15.7. The van der Waals surface area contributed by atoms with Gasteiger partial charge in [0, 0.05) is 17.3 Å². The lowest BCUT2D eigenvalue weighted by atomic mass is 10.1. The second kappa shape index (κ2) is 8.47. The number of carbonyl (C=O) groups excluding carboxylic acids is 3. The van der Waals surface area contributed by atoms with Gasteiger partial charge in [-0.1, -0.05) is 0 Å². The number of nitro benzene ring substituents is 1. The van der Waals surface area contributed by atoms with Crippen LogP contribution in [0.2, 0.25) is 0 Å². The number of anilines is 1. The van der Waals surface area contributed by atoms with E-state index in [1.165, 1.54) is 31.2 Å². The summed E-state index contributed by atoms with van der Waals surface area (Å²) in [5.41, 5.74) is 4.86. The van der Waals surface area contributed by atoms with Crippen molar-refractivity contribution in [2.45, 2.75) is 13.0 Å². The lowest BCUT2D eigenvalue weighted by molar-refractivity contribution is -0.385. The van der Waals surface area contributed by atoms with E-state index in [-0.39, 0.29) is 35.8 Å². The van der Waals surface area contributed by atoms with E-state index >= 15 is 0 Å². The Kier molecular flexibility index (Phi) is 5.81. The van der Waals surface area contributed by atoms with Crippen LogP contribution in [-0.2, 0) is 9.53 Å². The van der Waals surface area contributed by atoms with Crippen LogP contribution < -0.4 is 20.5 Å². The molecule has 1 aliphatic rings. The molecule has 0 spiro atoms. The van der Waals surface area contributed by atoms with Gasteiger partial charge in [0.1, 0.15) is 18.8 Å². The predicted molar refractivity (Wildman–Crippen MR) is 103 cm³/mol. The monoisotopic (exact) mass is 415 g/mol. The highest BCUT2D eigenvalue weighted by molar-refractivity contribution is 6.00. The van der Waals surface area contributed by atoms with Crippen molar-refractivity contribution in [3.8, 4) is 11.5 Å². The maximum atomic E-state index is 12.5. The van der Waals surface area contributed by atoms with Gasteiger partial charge in [-0.05, 0) is 31.2 Å². The van der Waals surface area contributed by atoms with Crippen molar-refractivity contribution in [3.05, 3.63) is 57.6 Å². The Labute approximate surface area is 169 Å². The average molecular weight is 415 g/mol. The van der Waals surface area contributed by atoms with E-state index in [9.17, 15) is 24.5 Å². The van der Waals surface area contributed by atoms with Crippen LogP contribution >= 0.6 is 0 Å². The summed E-state index contributed by atoms with van der Waals surface area (Å²) in [5.74, 6) is -2.03. The van der Waals surface area contributed by atoms with Crippen LogP contribution in [0.5, 0.6) is 11.5 Å². The molecule has 1 unspecified atom stereocenters. The van der Waals surface area contributed by atoms with E-state index in [2.05, 4.69) is 5.32 Å². The number of fused-ring (bicyclic) bond motifs is 1. The van der Waals surface area contributed by atoms with Gasteiger partial charge in [-0.3, -0.25) is 19.7 Å². The first kappa shape index (κ1) is 20.6. The third-order valence-electron chi connectivity index (χ3n) is 4.17. The lowest BCUT2D eigenvalue weighted by Crippen LogP contribution is -2.30. The zero-order chi connectivity index (χ0) is 21.8. The number of nitrogens with two attached hydrogens (primary N) is 1. The molecule has 0 saturated heterocycles. The number of hydrogen-bond acceptors (Lipinski definition) is 8. The quantitative estimate of drug-likeness (QED) is 0.409. The summed E-state index contributed by atoms with van der Waals surface area (Å²) in [7, 11) is 0. The standard InChI is InChI=1S/C19H17N3O8/c1-10(18(24)21-12-4-2-11(3-5-12)17(20)23)30-19(25)13-8-15-16(29-7-6-28-15)9-14(13)22(26)27/h2-5,8-10H,6-7H2,1H3,(H2,20,23)(H,21,24). The molecule has 0 bridgehead atoms. The number of benzene rings is 2. The molecule has 2 aromatic rings. The van der Waals surface area contributed by atoms with Gasteiger partial charge < -0.3 is 25.3 Å². The second-order valence-electron chi connectivity index (χ2n) is 6.25. The predicted octanol–water partition coefficient (Wildman–Crippen LogP) is 1.65. The molecule has 2 amide bonds. The Hall–Kier alpha value is -4.15. The molecule has 3 rings (SSSR count). The Bertz CT molecular complexity index is 1020. The van der Waals surface area contributed by atoms with E-state index in [4.69, 9.17) is 19.9 Å². The number of nitro groups is 1. The first-order valence-corrected chi connectivity index (χ1v) is 8.76. The van der Waals surface area contributed by atoms with E-state index in [1.54, 1.807) is 0 Å². The van der Waals surface area contributed by atoms with Crippen LogP contribution in [0.15, 0.2) is 36.4 Å². The largest absolute Gasteiger partial charge is 0.486 e. The molecule has 0 radical (unpaired) electrons.